The number of imide groups is 1. The van der Waals surface area contributed by atoms with Crippen molar-refractivity contribution in [3.63, 3.8) is 0 Å². The van der Waals surface area contributed by atoms with E-state index in [2.05, 4.69) is 10.6 Å². The summed E-state index contributed by atoms with van der Waals surface area (Å²) in [5, 5.41) is 4.39. The molecule has 0 aliphatic heterocycles. The largest absolute Gasteiger partial charge is 0.482 e. The Bertz CT molecular complexity index is 820. The van der Waals surface area contributed by atoms with Crippen LogP contribution in [0.15, 0.2) is 48.5 Å². The van der Waals surface area contributed by atoms with Crippen LogP contribution in [0.1, 0.15) is 22.8 Å². The van der Waals surface area contributed by atoms with Gasteiger partial charge in [0.05, 0.1) is 0 Å². The third kappa shape index (κ3) is 5.85. The minimum Gasteiger partial charge on any atom is -0.482 e. The summed E-state index contributed by atoms with van der Waals surface area (Å²) in [5.41, 5.74) is 2.59. The maximum absolute atomic E-state index is 12.3. The quantitative estimate of drug-likeness (QED) is 0.762. The van der Waals surface area contributed by atoms with Crippen molar-refractivity contribution < 1.29 is 23.9 Å². The van der Waals surface area contributed by atoms with Gasteiger partial charge in [-0.25, -0.2) is 9.59 Å². The smallest absolute Gasteiger partial charge is 0.345 e. The lowest BCUT2D eigenvalue weighted by Gasteiger charge is -2.17. The Morgan fingerprint density at radius 2 is 1.70 bits per heavy atom. The van der Waals surface area contributed by atoms with Crippen LogP contribution in [0.4, 0.5) is 4.79 Å². The molecule has 0 unspecified atom stereocenters. The van der Waals surface area contributed by atoms with E-state index in [-0.39, 0.29) is 6.61 Å². The van der Waals surface area contributed by atoms with Crippen LogP contribution in [-0.2, 0) is 14.3 Å². The number of rotatable bonds is 6. The van der Waals surface area contributed by atoms with Crippen molar-refractivity contribution in [2.45, 2.75) is 20.0 Å². The maximum atomic E-state index is 12.3. The molecule has 2 N–H and O–H groups in total. The molecule has 0 spiro atoms. The minimum absolute atomic E-state index is 0.362. The monoisotopic (exact) mass is 370 g/mol. The fourth-order valence-corrected chi connectivity index (χ4v) is 2.25. The summed E-state index contributed by atoms with van der Waals surface area (Å²) in [7, 11) is 1.38. The highest BCUT2D eigenvalue weighted by atomic mass is 16.6. The summed E-state index contributed by atoms with van der Waals surface area (Å²) in [5.74, 6) is -0.949. The summed E-state index contributed by atoms with van der Waals surface area (Å²) in [6.07, 6.45) is -1.26. The second-order valence-electron chi connectivity index (χ2n) is 5.88. The van der Waals surface area contributed by atoms with Crippen molar-refractivity contribution in [1.82, 2.24) is 10.6 Å². The van der Waals surface area contributed by atoms with E-state index in [9.17, 15) is 14.4 Å². The first kappa shape index (κ1) is 20.0. The normalized spacial score (nSPS) is 11.2. The highest BCUT2D eigenvalue weighted by molar-refractivity contribution is 5.97. The van der Waals surface area contributed by atoms with E-state index in [0.717, 1.165) is 11.1 Å². The summed E-state index contributed by atoms with van der Waals surface area (Å²) in [6.45, 7) is 3.55. The van der Waals surface area contributed by atoms with Gasteiger partial charge in [-0.05, 0) is 37.1 Å². The van der Waals surface area contributed by atoms with E-state index in [1.807, 2.05) is 26.0 Å². The van der Waals surface area contributed by atoms with Crippen LogP contribution >= 0.6 is 0 Å². The fraction of sp³-hybridized carbons (Fsp3) is 0.250. The molecule has 0 aliphatic carbocycles. The van der Waals surface area contributed by atoms with Crippen molar-refractivity contribution in [3.05, 3.63) is 65.2 Å². The van der Waals surface area contributed by atoms with Gasteiger partial charge in [-0.2, -0.15) is 0 Å². The molecule has 0 heterocycles. The number of esters is 1. The van der Waals surface area contributed by atoms with Gasteiger partial charge in [0.25, 0.3) is 5.91 Å². The number of ether oxygens (including phenoxy) is 2. The number of amides is 3. The Labute approximate surface area is 157 Å². The predicted molar refractivity (Wildman–Crippen MR) is 99.3 cm³/mol. The number of hydrogen-bond donors (Lipinski definition) is 2. The number of hydrogen-bond acceptors (Lipinski definition) is 5. The Morgan fingerprint density at radius 1 is 1.00 bits per heavy atom. The van der Waals surface area contributed by atoms with Crippen molar-refractivity contribution in [2.24, 2.45) is 0 Å². The molecule has 2 aromatic carbocycles. The van der Waals surface area contributed by atoms with Crippen molar-refractivity contribution >= 4 is 17.9 Å². The molecular formula is C20H22N2O5. The van der Waals surface area contributed by atoms with Crippen molar-refractivity contribution in [1.29, 1.82) is 0 Å². The Hall–Kier alpha value is -3.35. The van der Waals surface area contributed by atoms with Gasteiger partial charge in [-0.3, -0.25) is 10.1 Å². The number of benzene rings is 2. The molecule has 0 saturated carbocycles. The molecule has 0 aromatic heterocycles. The van der Waals surface area contributed by atoms with Gasteiger partial charge in [0, 0.05) is 12.6 Å². The van der Waals surface area contributed by atoms with Crippen LogP contribution in [0.2, 0.25) is 0 Å². The van der Waals surface area contributed by atoms with E-state index >= 15 is 0 Å². The molecular weight excluding hydrogens is 348 g/mol. The molecule has 0 fully saturated rings. The zero-order chi connectivity index (χ0) is 19.8. The van der Waals surface area contributed by atoms with E-state index in [1.165, 1.54) is 7.05 Å². The lowest BCUT2D eigenvalue weighted by atomic mass is 10.1. The third-order valence-electron chi connectivity index (χ3n) is 3.89. The molecule has 1 atom stereocenters. The summed E-state index contributed by atoms with van der Waals surface area (Å²) in [4.78, 5) is 35.9. The standard InChI is InChI=1S/C20H22N2O5/c1-13-9-10-16(11-14(13)2)26-12-17(23)27-18(15-7-5-4-6-8-15)19(24)22-20(25)21-3/h4-11,18H,12H2,1-3H3,(H2,21,22,24,25)/t18-/m0/s1. The molecule has 0 radical (unpaired) electrons. The van der Waals surface area contributed by atoms with Crippen LogP contribution < -0.4 is 15.4 Å². The lowest BCUT2D eigenvalue weighted by molar-refractivity contribution is -0.158. The summed E-state index contributed by atoms with van der Waals surface area (Å²) < 4.78 is 10.7. The molecule has 3 amide bonds. The highest BCUT2D eigenvalue weighted by Gasteiger charge is 2.26. The van der Waals surface area contributed by atoms with Gasteiger partial charge in [0.15, 0.2) is 6.61 Å². The Balaban J connectivity index is 2.05. The van der Waals surface area contributed by atoms with Gasteiger partial charge < -0.3 is 14.8 Å². The van der Waals surface area contributed by atoms with E-state index < -0.39 is 24.0 Å². The van der Waals surface area contributed by atoms with Gasteiger partial charge in [-0.1, -0.05) is 36.4 Å². The number of carbonyl (C=O) groups is 3. The molecule has 0 aliphatic rings. The summed E-state index contributed by atoms with van der Waals surface area (Å²) >= 11 is 0. The van der Waals surface area contributed by atoms with Crippen LogP contribution in [0.5, 0.6) is 5.75 Å². The van der Waals surface area contributed by atoms with E-state index in [4.69, 9.17) is 9.47 Å². The third-order valence-corrected chi connectivity index (χ3v) is 3.89. The molecule has 7 heteroatoms. The molecule has 142 valence electrons. The molecule has 7 nitrogen and oxygen atoms in total. The number of nitrogens with one attached hydrogen (secondary N) is 2. The minimum atomic E-state index is -1.26. The van der Waals surface area contributed by atoms with Gasteiger partial charge in [-0.15, -0.1) is 0 Å². The first-order valence-electron chi connectivity index (χ1n) is 8.37. The van der Waals surface area contributed by atoms with Crippen molar-refractivity contribution in [2.75, 3.05) is 13.7 Å². The Kier molecular flexibility index (Phi) is 6.93. The van der Waals surface area contributed by atoms with Gasteiger partial charge >= 0.3 is 12.0 Å². The van der Waals surface area contributed by atoms with Gasteiger partial charge in [0.1, 0.15) is 5.75 Å². The second kappa shape index (κ2) is 9.38. The van der Waals surface area contributed by atoms with Gasteiger partial charge in [0.2, 0.25) is 6.10 Å². The van der Waals surface area contributed by atoms with Crippen molar-refractivity contribution in [3.8, 4) is 5.75 Å². The predicted octanol–water partition coefficient (Wildman–Crippen LogP) is 2.42. The lowest BCUT2D eigenvalue weighted by Crippen LogP contribution is -2.41. The number of aryl methyl sites for hydroxylation is 2. The van der Waals surface area contributed by atoms with Crippen LogP contribution in [0.3, 0.4) is 0 Å². The number of urea groups is 1. The molecule has 2 aromatic rings. The molecule has 0 saturated heterocycles. The average Bonchev–Trinajstić information content (AvgIpc) is 2.67. The fourth-order valence-electron chi connectivity index (χ4n) is 2.25. The van der Waals surface area contributed by atoms with Crippen LogP contribution in [-0.4, -0.2) is 31.6 Å². The zero-order valence-electron chi connectivity index (χ0n) is 15.4. The topological polar surface area (TPSA) is 93.7 Å². The van der Waals surface area contributed by atoms with E-state index in [1.54, 1.807) is 36.4 Å². The second-order valence-corrected chi connectivity index (χ2v) is 5.88. The summed E-state index contributed by atoms with van der Waals surface area (Å²) in [6, 6.07) is 13.2. The zero-order valence-corrected chi connectivity index (χ0v) is 15.4. The number of carbonyl (C=O) groups excluding carboxylic acids is 3. The molecule has 2 rings (SSSR count). The SMILES string of the molecule is CNC(=O)NC(=O)[C@@H](OC(=O)COc1ccc(C)c(C)c1)c1ccccc1. The highest BCUT2D eigenvalue weighted by Crippen LogP contribution is 2.19. The maximum Gasteiger partial charge on any atom is 0.345 e. The average molecular weight is 370 g/mol. The molecule has 0 bridgehead atoms. The first-order chi connectivity index (χ1) is 12.9. The molecule has 27 heavy (non-hydrogen) atoms. The Morgan fingerprint density at radius 3 is 2.33 bits per heavy atom. The first-order valence-corrected chi connectivity index (χ1v) is 8.37. The van der Waals surface area contributed by atoms with Crippen LogP contribution in [0, 0.1) is 13.8 Å². The van der Waals surface area contributed by atoms with E-state index in [0.29, 0.717) is 11.3 Å². The van der Waals surface area contributed by atoms with Crippen LogP contribution in [0.25, 0.3) is 0 Å².